The quantitative estimate of drug-likeness (QED) is 0.243. The zero-order valence-corrected chi connectivity index (χ0v) is 20.5. The molecule has 4 rings (SSSR count). The Morgan fingerprint density at radius 3 is 2.51 bits per heavy atom. The number of oxime groups is 1. The number of alkyl halides is 2. The fourth-order valence-electron chi connectivity index (χ4n) is 3.90. The van der Waals surface area contributed by atoms with Gasteiger partial charge in [0.2, 0.25) is 5.91 Å². The summed E-state index contributed by atoms with van der Waals surface area (Å²) in [6.45, 7) is -2.60. The summed E-state index contributed by atoms with van der Waals surface area (Å²) in [6.07, 6.45) is 1.96. The highest BCUT2D eigenvalue weighted by Gasteiger charge is 2.40. The average molecular weight is 537 g/mol. The van der Waals surface area contributed by atoms with Gasteiger partial charge < -0.3 is 30.6 Å². The largest absolute Gasteiger partial charge is 0.435 e. The highest BCUT2D eigenvalue weighted by molar-refractivity contribution is 6.30. The molecule has 2 atom stereocenters. The van der Waals surface area contributed by atoms with Gasteiger partial charge in [-0.25, -0.2) is 0 Å². The normalized spacial score (nSPS) is 18.6. The molecule has 1 heterocycles. The summed E-state index contributed by atoms with van der Waals surface area (Å²) in [4.78, 5) is 32.1. The Bertz CT molecular complexity index is 1160. The fraction of sp³-hybridized carbons (Fsp3) is 0.400. The lowest BCUT2D eigenvalue weighted by atomic mass is 9.97. The van der Waals surface area contributed by atoms with Gasteiger partial charge in [-0.1, -0.05) is 41.0 Å². The Labute approximate surface area is 217 Å². The van der Waals surface area contributed by atoms with E-state index in [0.717, 1.165) is 37.0 Å². The van der Waals surface area contributed by atoms with Crippen molar-refractivity contribution >= 4 is 29.3 Å². The smallest absolute Gasteiger partial charge is 0.387 e. The minimum Gasteiger partial charge on any atom is -0.435 e. The van der Waals surface area contributed by atoms with E-state index in [1.807, 2.05) is 0 Å². The van der Waals surface area contributed by atoms with E-state index in [-0.39, 0.29) is 47.3 Å². The molecule has 2 amide bonds. The molecular formula is C25H27ClF2N4O5. The average Bonchev–Trinajstić information content (AvgIpc) is 2.80. The molecule has 0 aromatic heterocycles. The number of hydrogen-bond acceptors (Lipinski definition) is 6. The molecule has 198 valence electrons. The van der Waals surface area contributed by atoms with Gasteiger partial charge >= 0.3 is 6.61 Å². The number of carbonyl (C=O) groups excluding carboxylic acids is 2. The van der Waals surface area contributed by atoms with Crippen LogP contribution in [0.4, 0.5) is 8.78 Å². The van der Waals surface area contributed by atoms with Crippen LogP contribution >= 0.6 is 11.6 Å². The van der Waals surface area contributed by atoms with Crippen LogP contribution in [0.25, 0.3) is 0 Å². The number of amidine groups is 1. The molecular weight excluding hydrogens is 510 g/mol. The van der Waals surface area contributed by atoms with Gasteiger partial charge in [-0.3, -0.25) is 9.59 Å². The van der Waals surface area contributed by atoms with Crippen molar-refractivity contribution in [2.75, 3.05) is 6.54 Å². The van der Waals surface area contributed by atoms with Crippen LogP contribution in [-0.4, -0.2) is 53.0 Å². The number of amides is 2. The van der Waals surface area contributed by atoms with Gasteiger partial charge in [0.15, 0.2) is 11.9 Å². The monoisotopic (exact) mass is 536 g/mol. The summed E-state index contributed by atoms with van der Waals surface area (Å²) in [7, 11) is 0. The predicted octanol–water partition coefficient (Wildman–Crippen LogP) is 3.08. The first kappa shape index (κ1) is 26.6. The van der Waals surface area contributed by atoms with Gasteiger partial charge in [-0.2, -0.15) is 8.78 Å². The second-order valence-electron chi connectivity index (χ2n) is 8.89. The van der Waals surface area contributed by atoms with Gasteiger partial charge in [-0.05, 0) is 55.0 Å². The highest BCUT2D eigenvalue weighted by atomic mass is 35.5. The SMILES string of the molecule is N/C(=N/OC1CCC1)c1ccc(CNC(=O)C2CCN2C(=O)C(O)c2cc(Cl)cc(OC(F)F)c2)cc1. The van der Waals surface area contributed by atoms with Crippen LogP contribution in [0.2, 0.25) is 5.02 Å². The molecule has 0 radical (unpaired) electrons. The number of rotatable bonds is 10. The van der Waals surface area contributed by atoms with E-state index in [4.69, 9.17) is 22.2 Å². The zero-order chi connectivity index (χ0) is 26.5. The van der Waals surface area contributed by atoms with Crippen LogP contribution in [-0.2, 0) is 21.0 Å². The lowest BCUT2D eigenvalue weighted by Gasteiger charge is -2.40. The first-order chi connectivity index (χ1) is 17.7. The lowest BCUT2D eigenvalue weighted by Crippen LogP contribution is -2.59. The van der Waals surface area contributed by atoms with Gasteiger partial charge in [0.1, 0.15) is 17.9 Å². The summed E-state index contributed by atoms with van der Waals surface area (Å²) in [5, 5.41) is 17.3. The Balaban J connectivity index is 1.30. The molecule has 0 spiro atoms. The summed E-state index contributed by atoms with van der Waals surface area (Å²) in [5.74, 6) is -1.12. The van der Waals surface area contributed by atoms with Crippen molar-refractivity contribution in [1.82, 2.24) is 10.2 Å². The summed E-state index contributed by atoms with van der Waals surface area (Å²) in [5.41, 5.74) is 7.45. The molecule has 9 nitrogen and oxygen atoms in total. The number of hydrogen-bond donors (Lipinski definition) is 3. The van der Waals surface area contributed by atoms with Crippen LogP contribution in [0.5, 0.6) is 5.75 Å². The number of aliphatic hydroxyl groups is 1. The highest BCUT2D eigenvalue weighted by Crippen LogP contribution is 2.30. The van der Waals surface area contributed by atoms with E-state index >= 15 is 0 Å². The molecule has 2 aromatic rings. The molecule has 2 aromatic carbocycles. The van der Waals surface area contributed by atoms with E-state index in [1.165, 1.54) is 11.0 Å². The van der Waals surface area contributed by atoms with Crippen molar-refractivity contribution in [1.29, 1.82) is 0 Å². The number of likely N-dealkylation sites (tertiary alicyclic amines) is 1. The number of nitrogens with one attached hydrogen (secondary N) is 1. The standard InChI is InChI=1S/C25H27ClF2N4O5/c26-17-10-16(11-19(12-17)36-25(27)28)21(33)24(35)32-9-8-20(32)23(34)30-13-14-4-6-15(7-5-14)22(29)31-37-18-2-1-3-18/h4-7,10-12,18,20-21,25,33H,1-3,8-9,13H2,(H2,29,31)(H,30,34). The molecule has 1 saturated heterocycles. The lowest BCUT2D eigenvalue weighted by molar-refractivity contribution is -0.154. The maximum absolute atomic E-state index is 12.8. The third-order valence-corrected chi connectivity index (χ3v) is 6.56. The number of benzene rings is 2. The van der Waals surface area contributed by atoms with Gasteiger partial charge in [0.05, 0.1) is 0 Å². The number of nitrogens with zero attached hydrogens (tertiary/aromatic N) is 2. The molecule has 2 fully saturated rings. The molecule has 1 aliphatic heterocycles. The van der Waals surface area contributed by atoms with E-state index < -0.39 is 24.7 Å². The summed E-state index contributed by atoms with van der Waals surface area (Å²) < 4.78 is 29.4. The number of aliphatic hydroxyl groups excluding tert-OH is 1. The van der Waals surface area contributed by atoms with Crippen molar-refractivity contribution in [3.05, 3.63) is 64.2 Å². The second-order valence-corrected chi connectivity index (χ2v) is 9.32. The van der Waals surface area contributed by atoms with E-state index in [1.54, 1.807) is 24.3 Å². The molecule has 0 bridgehead atoms. The molecule has 12 heteroatoms. The minimum absolute atomic E-state index is 0.0137. The van der Waals surface area contributed by atoms with Gasteiger partial charge in [0, 0.05) is 23.7 Å². The Morgan fingerprint density at radius 2 is 1.92 bits per heavy atom. The fourth-order valence-corrected chi connectivity index (χ4v) is 4.13. The van der Waals surface area contributed by atoms with E-state index in [2.05, 4.69) is 15.2 Å². The molecule has 1 aliphatic carbocycles. The summed E-state index contributed by atoms with van der Waals surface area (Å²) >= 11 is 5.91. The molecule has 4 N–H and O–H groups in total. The number of carbonyl (C=O) groups is 2. The zero-order valence-electron chi connectivity index (χ0n) is 19.8. The van der Waals surface area contributed by atoms with Gasteiger partial charge in [0.25, 0.3) is 5.91 Å². The van der Waals surface area contributed by atoms with Crippen molar-refractivity contribution in [2.24, 2.45) is 10.9 Å². The Hall–Kier alpha value is -3.44. The van der Waals surface area contributed by atoms with Crippen molar-refractivity contribution < 1.29 is 33.1 Å². The maximum atomic E-state index is 12.8. The van der Waals surface area contributed by atoms with E-state index in [9.17, 15) is 23.5 Å². The third-order valence-electron chi connectivity index (χ3n) is 6.34. The van der Waals surface area contributed by atoms with Crippen LogP contribution in [0, 0.1) is 0 Å². The van der Waals surface area contributed by atoms with Crippen molar-refractivity contribution in [3.8, 4) is 5.75 Å². The van der Waals surface area contributed by atoms with Crippen LogP contribution < -0.4 is 15.8 Å². The maximum Gasteiger partial charge on any atom is 0.387 e. The Morgan fingerprint density at radius 1 is 1.19 bits per heavy atom. The van der Waals surface area contributed by atoms with Crippen molar-refractivity contribution in [2.45, 2.75) is 57.1 Å². The molecule has 2 aliphatic rings. The number of ether oxygens (including phenoxy) is 1. The molecule has 1 saturated carbocycles. The number of nitrogens with two attached hydrogens (primary N) is 1. The van der Waals surface area contributed by atoms with Crippen LogP contribution in [0.15, 0.2) is 47.6 Å². The molecule has 37 heavy (non-hydrogen) atoms. The second kappa shape index (κ2) is 11.7. The minimum atomic E-state index is -3.09. The topological polar surface area (TPSA) is 126 Å². The Kier molecular flexibility index (Phi) is 8.45. The molecule has 2 unspecified atom stereocenters. The van der Waals surface area contributed by atoms with E-state index in [0.29, 0.717) is 12.0 Å². The third kappa shape index (κ3) is 6.66. The van der Waals surface area contributed by atoms with Crippen LogP contribution in [0.3, 0.4) is 0 Å². The first-order valence-corrected chi connectivity index (χ1v) is 12.2. The first-order valence-electron chi connectivity index (χ1n) is 11.8. The van der Waals surface area contributed by atoms with Crippen molar-refractivity contribution in [3.63, 3.8) is 0 Å². The predicted molar refractivity (Wildman–Crippen MR) is 131 cm³/mol. The number of halogens is 3. The van der Waals surface area contributed by atoms with Gasteiger partial charge in [-0.15, -0.1) is 0 Å². The van der Waals surface area contributed by atoms with Crippen LogP contribution in [0.1, 0.15) is 48.5 Å². The summed E-state index contributed by atoms with van der Waals surface area (Å²) in [6, 6.07) is 9.91.